The van der Waals surface area contributed by atoms with Gasteiger partial charge in [-0.15, -0.1) is 0 Å². The van der Waals surface area contributed by atoms with Crippen LogP contribution in [-0.2, 0) is 23.4 Å². The summed E-state index contributed by atoms with van der Waals surface area (Å²) >= 11 is 0. The van der Waals surface area contributed by atoms with E-state index in [1.54, 1.807) is 25.6 Å². The van der Waals surface area contributed by atoms with E-state index in [2.05, 4.69) is 21.5 Å². The molecule has 1 amide bonds. The third kappa shape index (κ3) is 3.94. The van der Waals surface area contributed by atoms with Gasteiger partial charge in [0.1, 0.15) is 17.2 Å². The largest absolute Gasteiger partial charge is 0.494 e. The van der Waals surface area contributed by atoms with Crippen LogP contribution in [0.2, 0.25) is 0 Å². The third-order valence-electron chi connectivity index (χ3n) is 6.83. The SMILES string of the molecule is COc1cnccc1C(=O)N1CCC2(CC1)OCCn1c(CN(C)CC3CC3)cnc12. The molecule has 31 heavy (non-hydrogen) atoms. The molecule has 2 fully saturated rings. The van der Waals surface area contributed by atoms with Gasteiger partial charge in [0.25, 0.3) is 5.91 Å². The van der Waals surface area contributed by atoms with Crippen LogP contribution in [0.15, 0.2) is 24.7 Å². The highest BCUT2D eigenvalue weighted by Crippen LogP contribution is 2.39. The lowest BCUT2D eigenvalue weighted by Gasteiger charge is -2.43. The van der Waals surface area contributed by atoms with Crippen LogP contribution in [-0.4, -0.2) is 70.6 Å². The van der Waals surface area contributed by atoms with Crippen LogP contribution in [0.3, 0.4) is 0 Å². The van der Waals surface area contributed by atoms with E-state index in [0.717, 1.165) is 44.2 Å². The van der Waals surface area contributed by atoms with Crippen molar-refractivity contribution in [3.8, 4) is 5.75 Å². The molecule has 3 aliphatic rings. The maximum absolute atomic E-state index is 13.1. The summed E-state index contributed by atoms with van der Waals surface area (Å²) in [6.07, 6.45) is 9.47. The topological polar surface area (TPSA) is 72.7 Å². The van der Waals surface area contributed by atoms with Gasteiger partial charge in [-0.2, -0.15) is 0 Å². The Labute approximate surface area is 183 Å². The Bertz CT molecular complexity index is 946. The molecule has 8 nitrogen and oxygen atoms in total. The van der Waals surface area contributed by atoms with Crippen molar-refractivity contribution in [1.82, 2.24) is 24.3 Å². The predicted octanol–water partition coefficient (Wildman–Crippen LogP) is 2.29. The number of amides is 1. The number of hydrogen-bond acceptors (Lipinski definition) is 6. The van der Waals surface area contributed by atoms with Crippen LogP contribution < -0.4 is 4.74 Å². The van der Waals surface area contributed by atoms with E-state index in [9.17, 15) is 4.79 Å². The number of piperidine rings is 1. The van der Waals surface area contributed by atoms with E-state index >= 15 is 0 Å². The van der Waals surface area contributed by atoms with E-state index in [4.69, 9.17) is 14.5 Å². The fourth-order valence-electron chi connectivity index (χ4n) is 4.96. The molecule has 2 aromatic heterocycles. The number of hydrogen-bond donors (Lipinski definition) is 0. The van der Waals surface area contributed by atoms with Crippen LogP contribution >= 0.6 is 0 Å². The zero-order valence-electron chi connectivity index (χ0n) is 18.4. The standard InChI is InChI=1S/C23H31N5O3/c1-26(15-17-3-4-17)16-18-13-25-22-23(31-12-11-28(18)22)6-9-27(10-7-23)21(29)19-5-8-24-14-20(19)30-2/h5,8,13-14,17H,3-4,6-7,9-12,15-16H2,1-2H3. The first-order valence-corrected chi connectivity index (χ1v) is 11.2. The predicted molar refractivity (Wildman–Crippen MR) is 115 cm³/mol. The molecule has 2 aromatic rings. The van der Waals surface area contributed by atoms with Crippen LogP contribution in [0.1, 0.15) is 47.6 Å². The van der Waals surface area contributed by atoms with Crippen molar-refractivity contribution >= 4 is 5.91 Å². The maximum Gasteiger partial charge on any atom is 0.257 e. The Balaban J connectivity index is 1.29. The molecule has 5 rings (SSSR count). The average Bonchev–Trinajstić information content (AvgIpc) is 3.51. The van der Waals surface area contributed by atoms with Crippen LogP contribution in [0, 0.1) is 5.92 Å². The van der Waals surface area contributed by atoms with Crippen molar-refractivity contribution in [2.24, 2.45) is 5.92 Å². The summed E-state index contributed by atoms with van der Waals surface area (Å²) in [4.78, 5) is 26.2. The molecule has 1 saturated carbocycles. The Morgan fingerprint density at radius 1 is 1.29 bits per heavy atom. The van der Waals surface area contributed by atoms with Gasteiger partial charge in [-0.25, -0.2) is 4.98 Å². The Hall–Kier alpha value is -2.45. The molecule has 166 valence electrons. The van der Waals surface area contributed by atoms with E-state index in [0.29, 0.717) is 31.0 Å². The second-order valence-corrected chi connectivity index (χ2v) is 9.08. The first kappa shape index (κ1) is 20.5. The zero-order valence-corrected chi connectivity index (χ0v) is 18.4. The first-order chi connectivity index (χ1) is 15.1. The summed E-state index contributed by atoms with van der Waals surface area (Å²) in [6, 6.07) is 1.72. The van der Waals surface area contributed by atoms with Gasteiger partial charge in [0, 0.05) is 58.0 Å². The molecule has 4 heterocycles. The number of fused-ring (bicyclic) bond motifs is 2. The monoisotopic (exact) mass is 425 g/mol. The minimum atomic E-state index is -0.398. The number of ether oxygens (including phenoxy) is 2. The van der Waals surface area contributed by atoms with E-state index < -0.39 is 5.60 Å². The average molecular weight is 426 g/mol. The van der Waals surface area contributed by atoms with Crippen molar-refractivity contribution in [2.75, 3.05) is 40.4 Å². The van der Waals surface area contributed by atoms with Gasteiger partial charge in [0.15, 0.2) is 0 Å². The number of carbonyl (C=O) groups excluding carboxylic acids is 1. The van der Waals surface area contributed by atoms with Gasteiger partial charge < -0.3 is 23.8 Å². The second kappa shape index (κ2) is 8.24. The molecule has 0 unspecified atom stereocenters. The van der Waals surface area contributed by atoms with Crippen molar-refractivity contribution in [1.29, 1.82) is 0 Å². The number of nitrogens with zero attached hydrogens (tertiary/aromatic N) is 5. The second-order valence-electron chi connectivity index (χ2n) is 9.08. The number of methoxy groups -OCH3 is 1. The molecular weight excluding hydrogens is 394 g/mol. The first-order valence-electron chi connectivity index (χ1n) is 11.2. The summed E-state index contributed by atoms with van der Waals surface area (Å²) in [5.74, 6) is 2.40. The summed E-state index contributed by atoms with van der Waals surface area (Å²) < 4.78 is 14.0. The molecule has 2 aliphatic heterocycles. The van der Waals surface area contributed by atoms with Gasteiger partial charge in [-0.05, 0) is 31.9 Å². The fourth-order valence-corrected chi connectivity index (χ4v) is 4.96. The number of likely N-dealkylation sites (tertiary alicyclic amines) is 1. The van der Waals surface area contributed by atoms with Crippen LogP contribution in [0.4, 0.5) is 0 Å². The van der Waals surface area contributed by atoms with Crippen molar-refractivity contribution in [3.63, 3.8) is 0 Å². The highest BCUT2D eigenvalue weighted by molar-refractivity contribution is 5.96. The molecular formula is C23H31N5O3. The van der Waals surface area contributed by atoms with Gasteiger partial charge in [-0.1, -0.05) is 0 Å². The zero-order chi connectivity index (χ0) is 21.4. The normalized spacial score (nSPS) is 20.2. The lowest BCUT2D eigenvalue weighted by Crippen LogP contribution is -2.50. The number of carbonyl (C=O) groups is 1. The Morgan fingerprint density at radius 2 is 2.10 bits per heavy atom. The van der Waals surface area contributed by atoms with Crippen LogP contribution in [0.5, 0.6) is 5.75 Å². The van der Waals surface area contributed by atoms with E-state index in [1.807, 2.05) is 11.1 Å². The third-order valence-corrected chi connectivity index (χ3v) is 6.83. The summed E-state index contributed by atoms with van der Waals surface area (Å²) in [7, 11) is 3.76. The van der Waals surface area contributed by atoms with Crippen LogP contribution in [0.25, 0.3) is 0 Å². The molecule has 0 atom stereocenters. The van der Waals surface area contributed by atoms with Gasteiger partial charge >= 0.3 is 0 Å². The lowest BCUT2D eigenvalue weighted by molar-refractivity contribution is -0.112. The molecule has 0 bridgehead atoms. The van der Waals surface area contributed by atoms with E-state index in [-0.39, 0.29) is 5.91 Å². The summed E-state index contributed by atoms with van der Waals surface area (Å²) in [5, 5.41) is 0. The fraction of sp³-hybridized carbons (Fsp3) is 0.609. The van der Waals surface area contributed by atoms with Gasteiger partial charge in [0.2, 0.25) is 0 Å². The number of aromatic nitrogens is 3. The quantitative estimate of drug-likeness (QED) is 0.707. The minimum absolute atomic E-state index is 0.0179. The van der Waals surface area contributed by atoms with Gasteiger partial charge in [-0.3, -0.25) is 9.78 Å². The number of imidazole rings is 1. The molecule has 1 saturated heterocycles. The summed E-state index contributed by atoms with van der Waals surface area (Å²) in [6.45, 7) is 4.89. The van der Waals surface area contributed by atoms with Crippen molar-refractivity contribution < 1.29 is 14.3 Å². The number of pyridine rings is 1. The van der Waals surface area contributed by atoms with Gasteiger partial charge in [0.05, 0.1) is 31.2 Å². The Morgan fingerprint density at radius 3 is 2.84 bits per heavy atom. The smallest absolute Gasteiger partial charge is 0.257 e. The Kier molecular flexibility index (Phi) is 5.44. The molecule has 1 aliphatic carbocycles. The molecule has 0 aromatic carbocycles. The highest BCUT2D eigenvalue weighted by Gasteiger charge is 2.44. The summed E-state index contributed by atoms with van der Waals surface area (Å²) in [5.41, 5.74) is 1.42. The van der Waals surface area contributed by atoms with Crippen molar-refractivity contribution in [3.05, 3.63) is 41.7 Å². The molecule has 8 heteroatoms. The van der Waals surface area contributed by atoms with Crippen molar-refractivity contribution in [2.45, 2.75) is 44.4 Å². The maximum atomic E-state index is 13.1. The molecule has 1 spiro atoms. The molecule has 0 radical (unpaired) electrons. The van der Waals surface area contributed by atoms with E-state index in [1.165, 1.54) is 18.5 Å². The lowest BCUT2D eigenvalue weighted by atomic mass is 9.89. The molecule has 0 N–H and O–H groups in total. The minimum Gasteiger partial charge on any atom is -0.494 e. The number of rotatable bonds is 6. The highest BCUT2D eigenvalue weighted by atomic mass is 16.5.